The molecule has 41 heavy (non-hydrogen) atoms. The molecule has 2 amide bonds. The summed E-state index contributed by atoms with van der Waals surface area (Å²) >= 11 is 0. The van der Waals surface area contributed by atoms with Crippen molar-refractivity contribution in [3.63, 3.8) is 0 Å². The number of benzene rings is 3. The molecule has 0 aliphatic heterocycles. The summed E-state index contributed by atoms with van der Waals surface area (Å²) in [5.41, 5.74) is 2.90. The van der Waals surface area contributed by atoms with E-state index in [4.69, 9.17) is 9.15 Å². The van der Waals surface area contributed by atoms with Gasteiger partial charge in [0.1, 0.15) is 22.8 Å². The molecule has 0 aliphatic rings. The minimum atomic E-state index is -0.692. The number of ether oxygens (including phenoxy) is 1. The van der Waals surface area contributed by atoms with Gasteiger partial charge in [-0.3, -0.25) is 14.9 Å². The SMILES string of the molecule is CNC(=O)c1c(-c2ccc(F)cc2)oc2ccc(-c3cc(NC(=O)OC(C)(C)C)cc(C(=O)CCC(C)C)c3)cc12. The molecule has 0 saturated heterocycles. The third kappa shape index (κ3) is 7.20. The van der Waals surface area contributed by atoms with Crippen molar-refractivity contribution in [2.24, 2.45) is 5.92 Å². The summed E-state index contributed by atoms with van der Waals surface area (Å²) in [5.74, 6) is -0.107. The van der Waals surface area contributed by atoms with Crippen molar-refractivity contribution in [1.82, 2.24) is 5.32 Å². The van der Waals surface area contributed by atoms with E-state index < -0.39 is 17.5 Å². The Kier molecular flexibility index (Phi) is 8.61. The number of hydrogen-bond acceptors (Lipinski definition) is 5. The molecule has 2 N–H and O–H groups in total. The molecule has 0 saturated carbocycles. The molecule has 0 atom stereocenters. The van der Waals surface area contributed by atoms with E-state index in [0.717, 1.165) is 6.42 Å². The zero-order chi connectivity index (χ0) is 29.9. The maximum Gasteiger partial charge on any atom is 0.412 e. The summed E-state index contributed by atoms with van der Waals surface area (Å²) in [5, 5.41) is 5.96. The number of halogens is 1. The molecule has 0 radical (unpaired) electrons. The predicted molar refractivity (Wildman–Crippen MR) is 159 cm³/mol. The molecular formula is C33H35FN2O5. The number of nitrogens with one attached hydrogen (secondary N) is 2. The van der Waals surface area contributed by atoms with Crippen LogP contribution in [0, 0.1) is 11.7 Å². The number of fused-ring (bicyclic) bond motifs is 1. The largest absolute Gasteiger partial charge is 0.455 e. The molecule has 214 valence electrons. The Balaban J connectivity index is 1.83. The molecule has 3 aromatic carbocycles. The Hall–Kier alpha value is -4.46. The summed E-state index contributed by atoms with van der Waals surface area (Å²) in [6, 6.07) is 16.3. The van der Waals surface area contributed by atoms with Gasteiger partial charge in [0.2, 0.25) is 0 Å². The molecule has 4 aromatic rings. The van der Waals surface area contributed by atoms with Crippen molar-refractivity contribution < 1.29 is 27.9 Å². The number of Topliss-reactive ketones (excluding diaryl/α,β-unsaturated/α-hetero) is 1. The van der Waals surface area contributed by atoms with Crippen LogP contribution in [0.3, 0.4) is 0 Å². The lowest BCUT2D eigenvalue weighted by atomic mass is 9.95. The van der Waals surface area contributed by atoms with E-state index in [1.165, 1.54) is 19.2 Å². The van der Waals surface area contributed by atoms with Crippen LogP contribution in [0.4, 0.5) is 14.9 Å². The first-order valence-corrected chi connectivity index (χ1v) is 13.6. The first kappa shape index (κ1) is 29.5. The molecule has 0 spiro atoms. The zero-order valence-corrected chi connectivity index (χ0v) is 24.2. The maximum absolute atomic E-state index is 13.6. The fraction of sp³-hybridized carbons (Fsp3) is 0.303. The van der Waals surface area contributed by atoms with Crippen molar-refractivity contribution in [2.75, 3.05) is 12.4 Å². The lowest BCUT2D eigenvalue weighted by molar-refractivity contribution is 0.0635. The second kappa shape index (κ2) is 12.0. The van der Waals surface area contributed by atoms with Crippen molar-refractivity contribution in [2.45, 2.75) is 53.1 Å². The van der Waals surface area contributed by atoms with E-state index in [1.807, 2.05) is 12.1 Å². The third-order valence-corrected chi connectivity index (χ3v) is 6.43. The number of furan rings is 1. The van der Waals surface area contributed by atoms with Gasteiger partial charge < -0.3 is 14.5 Å². The monoisotopic (exact) mass is 558 g/mol. The Morgan fingerprint density at radius 2 is 1.61 bits per heavy atom. The molecule has 0 fully saturated rings. The fourth-order valence-electron chi connectivity index (χ4n) is 4.45. The Morgan fingerprint density at radius 3 is 2.24 bits per heavy atom. The number of carbonyl (C=O) groups is 3. The molecule has 0 aliphatic carbocycles. The van der Waals surface area contributed by atoms with Crippen LogP contribution < -0.4 is 10.6 Å². The van der Waals surface area contributed by atoms with Crippen molar-refractivity contribution >= 4 is 34.4 Å². The second-order valence-electron chi connectivity index (χ2n) is 11.4. The van der Waals surface area contributed by atoms with E-state index >= 15 is 0 Å². The van der Waals surface area contributed by atoms with Crippen LogP contribution in [0.15, 0.2) is 65.1 Å². The van der Waals surface area contributed by atoms with Gasteiger partial charge in [-0.25, -0.2) is 9.18 Å². The first-order chi connectivity index (χ1) is 19.3. The van der Waals surface area contributed by atoms with Gasteiger partial charge >= 0.3 is 6.09 Å². The molecule has 0 unspecified atom stereocenters. The van der Waals surface area contributed by atoms with E-state index in [9.17, 15) is 18.8 Å². The van der Waals surface area contributed by atoms with Gasteiger partial charge in [0.25, 0.3) is 5.91 Å². The van der Waals surface area contributed by atoms with Crippen LogP contribution in [0.1, 0.15) is 68.2 Å². The topological polar surface area (TPSA) is 97.6 Å². The second-order valence-corrected chi connectivity index (χ2v) is 11.4. The average molecular weight is 559 g/mol. The van der Waals surface area contributed by atoms with Crippen molar-refractivity contribution in [3.8, 4) is 22.5 Å². The Morgan fingerprint density at radius 1 is 0.927 bits per heavy atom. The highest BCUT2D eigenvalue weighted by Gasteiger charge is 2.23. The summed E-state index contributed by atoms with van der Waals surface area (Å²) in [4.78, 5) is 38.7. The number of rotatable bonds is 8. The van der Waals surface area contributed by atoms with Gasteiger partial charge in [-0.1, -0.05) is 19.9 Å². The zero-order valence-electron chi connectivity index (χ0n) is 24.2. The quantitative estimate of drug-likeness (QED) is 0.212. The van der Waals surface area contributed by atoms with E-state index in [2.05, 4.69) is 24.5 Å². The first-order valence-electron chi connectivity index (χ1n) is 13.6. The van der Waals surface area contributed by atoms with Gasteiger partial charge in [0, 0.05) is 35.7 Å². The molecule has 1 heterocycles. The number of ketones is 1. The molecular weight excluding hydrogens is 523 g/mol. The Labute approximate surface area is 239 Å². The summed E-state index contributed by atoms with van der Waals surface area (Å²) < 4.78 is 25.1. The van der Waals surface area contributed by atoms with Gasteiger partial charge in [-0.15, -0.1) is 0 Å². The summed E-state index contributed by atoms with van der Waals surface area (Å²) in [6.07, 6.45) is 0.474. The predicted octanol–water partition coefficient (Wildman–Crippen LogP) is 8.23. The summed E-state index contributed by atoms with van der Waals surface area (Å²) in [7, 11) is 1.53. The van der Waals surface area contributed by atoms with Crippen LogP contribution in [0.2, 0.25) is 0 Å². The van der Waals surface area contributed by atoms with Crippen LogP contribution in [0.25, 0.3) is 33.4 Å². The van der Waals surface area contributed by atoms with Gasteiger partial charge in [-0.2, -0.15) is 0 Å². The highest BCUT2D eigenvalue weighted by molar-refractivity contribution is 6.12. The Bertz CT molecular complexity index is 1600. The summed E-state index contributed by atoms with van der Waals surface area (Å²) in [6.45, 7) is 9.43. The number of carbonyl (C=O) groups excluding carboxylic acids is 3. The van der Waals surface area contributed by atoms with Crippen LogP contribution in [-0.2, 0) is 4.74 Å². The third-order valence-electron chi connectivity index (χ3n) is 6.43. The maximum atomic E-state index is 13.6. The standard InChI is InChI=1S/C33H35FN2O5/c1-19(2)7-13-27(37)23-15-22(16-25(17-23)36-32(39)41-33(3,4)5)21-10-14-28-26(18-21)29(31(38)35-6)30(40-28)20-8-11-24(34)12-9-20/h8-12,14-19H,7,13H2,1-6H3,(H,35,38)(H,36,39). The highest BCUT2D eigenvalue weighted by Crippen LogP contribution is 2.37. The normalized spacial score (nSPS) is 11.5. The van der Waals surface area contributed by atoms with E-state index in [-0.39, 0.29) is 11.7 Å². The van der Waals surface area contributed by atoms with E-state index in [1.54, 1.807) is 57.2 Å². The lowest BCUT2D eigenvalue weighted by Gasteiger charge is -2.20. The highest BCUT2D eigenvalue weighted by atomic mass is 19.1. The smallest absolute Gasteiger partial charge is 0.412 e. The average Bonchev–Trinajstić information content (AvgIpc) is 3.29. The number of amides is 2. The minimum absolute atomic E-state index is 0.0400. The van der Waals surface area contributed by atoms with Crippen LogP contribution in [-0.4, -0.2) is 30.4 Å². The van der Waals surface area contributed by atoms with E-state index in [0.29, 0.717) is 62.6 Å². The molecule has 7 nitrogen and oxygen atoms in total. The van der Waals surface area contributed by atoms with Gasteiger partial charge in [0.05, 0.1) is 5.56 Å². The molecule has 0 bridgehead atoms. The van der Waals surface area contributed by atoms with Gasteiger partial charge in [0.15, 0.2) is 5.78 Å². The number of hydrogen-bond donors (Lipinski definition) is 2. The fourth-order valence-corrected chi connectivity index (χ4v) is 4.45. The van der Waals surface area contributed by atoms with Gasteiger partial charge in [-0.05, 0) is 98.8 Å². The lowest BCUT2D eigenvalue weighted by Crippen LogP contribution is -2.27. The molecule has 4 rings (SSSR count). The van der Waals surface area contributed by atoms with Crippen molar-refractivity contribution in [1.29, 1.82) is 0 Å². The van der Waals surface area contributed by atoms with Crippen LogP contribution >= 0.6 is 0 Å². The minimum Gasteiger partial charge on any atom is -0.455 e. The van der Waals surface area contributed by atoms with Crippen LogP contribution in [0.5, 0.6) is 0 Å². The number of anilines is 1. The van der Waals surface area contributed by atoms with Crippen molar-refractivity contribution in [3.05, 3.63) is 77.6 Å². The molecule has 8 heteroatoms. The molecule has 1 aromatic heterocycles.